The van der Waals surface area contributed by atoms with E-state index < -0.39 is 0 Å². The minimum absolute atomic E-state index is 0.459. The standard InChI is InChI=1S/C31H37N5O3/c1-5-36(6-2)20-21-39-24-18-16-23(17-19-24)33-31-32-22-26(25-12-8-10-14-28(25)38-7-3)30(35-31)34-27-13-9-11-15-29(27)37-4/h8-19,22H,5-7,20-21H2,1-4H3,(H2,32,33,34,35). The summed E-state index contributed by atoms with van der Waals surface area (Å²) in [5, 5.41) is 6.75. The lowest BCUT2D eigenvalue weighted by molar-refractivity contribution is 0.223. The van der Waals surface area contributed by atoms with Crippen molar-refractivity contribution >= 4 is 23.1 Å². The fraction of sp³-hybridized carbons (Fsp3) is 0.290. The molecule has 0 bridgehead atoms. The topological polar surface area (TPSA) is 80.8 Å². The Kier molecular flexibility index (Phi) is 9.97. The summed E-state index contributed by atoms with van der Waals surface area (Å²) in [5.74, 6) is 3.39. The number of ether oxygens (including phenoxy) is 3. The number of methoxy groups -OCH3 is 1. The lowest BCUT2D eigenvalue weighted by atomic mass is 10.1. The summed E-state index contributed by atoms with van der Waals surface area (Å²) in [7, 11) is 1.65. The monoisotopic (exact) mass is 527 g/mol. The normalized spacial score (nSPS) is 10.8. The number of likely N-dealkylation sites (N-methyl/N-ethyl adjacent to an activating group) is 1. The number of anilines is 4. The molecular formula is C31H37N5O3. The van der Waals surface area contributed by atoms with Crippen molar-refractivity contribution in [3.05, 3.63) is 79.0 Å². The third kappa shape index (κ3) is 7.39. The van der Waals surface area contributed by atoms with Crippen LogP contribution in [0.25, 0.3) is 11.1 Å². The van der Waals surface area contributed by atoms with Crippen LogP contribution in [0.5, 0.6) is 17.2 Å². The molecule has 8 nitrogen and oxygen atoms in total. The Morgan fingerprint density at radius 1 is 0.769 bits per heavy atom. The van der Waals surface area contributed by atoms with Crippen LogP contribution in [0.3, 0.4) is 0 Å². The van der Waals surface area contributed by atoms with Crippen molar-refractivity contribution in [2.24, 2.45) is 0 Å². The molecule has 0 spiro atoms. The largest absolute Gasteiger partial charge is 0.495 e. The molecule has 1 aromatic heterocycles. The predicted octanol–water partition coefficient (Wildman–Crippen LogP) is 6.76. The number of nitrogens with one attached hydrogen (secondary N) is 2. The Hall–Kier alpha value is -4.30. The van der Waals surface area contributed by atoms with Gasteiger partial charge in [-0.15, -0.1) is 0 Å². The molecule has 4 rings (SSSR count). The van der Waals surface area contributed by atoms with Crippen molar-refractivity contribution < 1.29 is 14.2 Å². The molecule has 0 aliphatic rings. The van der Waals surface area contributed by atoms with E-state index in [1.165, 1.54) is 0 Å². The fourth-order valence-corrected chi connectivity index (χ4v) is 4.18. The summed E-state index contributed by atoms with van der Waals surface area (Å²) in [5.41, 5.74) is 3.37. The highest BCUT2D eigenvalue weighted by atomic mass is 16.5. The van der Waals surface area contributed by atoms with Gasteiger partial charge in [-0.3, -0.25) is 0 Å². The number of hydrogen-bond donors (Lipinski definition) is 2. The number of nitrogens with zero attached hydrogens (tertiary/aromatic N) is 3. The molecule has 0 saturated heterocycles. The van der Waals surface area contributed by atoms with Gasteiger partial charge in [-0.05, 0) is 62.5 Å². The average Bonchev–Trinajstić information content (AvgIpc) is 2.97. The summed E-state index contributed by atoms with van der Waals surface area (Å²) >= 11 is 0. The highest BCUT2D eigenvalue weighted by Crippen LogP contribution is 2.37. The smallest absolute Gasteiger partial charge is 0.229 e. The second kappa shape index (κ2) is 14.0. The van der Waals surface area contributed by atoms with Crippen LogP contribution in [0.1, 0.15) is 20.8 Å². The van der Waals surface area contributed by atoms with Gasteiger partial charge in [-0.25, -0.2) is 4.98 Å². The highest BCUT2D eigenvalue weighted by Gasteiger charge is 2.16. The lowest BCUT2D eigenvalue weighted by Gasteiger charge is -2.18. The first-order valence-electron chi connectivity index (χ1n) is 13.4. The second-order valence-corrected chi connectivity index (χ2v) is 8.74. The zero-order chi connectivity index (χ0) is 27.5. The third-order valence-corrected chi connectivity index (χ3v) is 6.31. The molecule has 4 aromatic rings. The van der Waals surface area contributed by atoms with Crippen LogP contribution in [0.4, 0.5) is 23.1 Å². The van der Waals surface area contributed by atoms with Gasteiger partial charge < -0.3 is 29.7 Å². The maximum atomic E-state index is 5.91. The van der Waals surface area contributed by atoms with E-state index in [1.54, 1.807) is 13.3 Å². The molecule has 39 heavy (non-hydrogen) atoms. The van der Waals surface area contributed by atoms with Crippen molar-refractivity contribution in [1.29, 1.82) is 0 Å². The summed E-state index contributed by atoms with van der Waals surface area (Å²) in [4.78, 5) is 11.8. The molecule has 0 aliphatic heterocycles. The summed E-state index contributed by atoms with van der Waals surface area (Å²) in [6, 6.07) is 23.4. The van der Waals surface area contributed by atoms with Crippen LogP contribution in [-0.2, 0) is 0 Å². The molecule has 0 amide bonds. The van der Waals surface area contributed by atoms with Crippen molar-refractivity contribution in [3.63, 3.8) is 0 Å². The second-order valence-electron chi connectivity index (χ2n) is 8.74. The maximum Gasteiger partial charge on any atom is 0.229 e. The van der Waals surface area contributed by atoms with E-state index in [2.05, 4.69) is 34.4 Å². The van der Waals surface area contributed by atoms with E-state index >= 15 is 0 Å². The molecule has 0 radical (unpaired) electrons. The van der Waals surface area contributed by atoms with Crippen LogP contribution in [0.2, 0.25) is 0 Å². The molecule has 0 saturated carbocycles. The summed E-state index contributed by atoms with van der Waals surface area (Å²) in [6.45, 7) is 10.4. The van der Waals surface area contributed by atoms with E-state index in [-0.39, 0.29) is 0 Å². The number of hydrogen-bond acceptors (Lipinski definition) is 8. The van der Waals surface area contributed by atoms with Gasteiger partial charge in [0.05, 0.1) is 19.4 Å². The molecule has 1 heterocycles. The van der Waals surface area contributed by atoms with Crippen LogP contribution in [-0.4, -0.2) is 54.8 Å². The molecule has 0 unspecified atom stereocenters. The van der Waals surface area contributed by atoms with E-state index in [0.717, 1.165) is 53.6 Å². The van der Waals surface area contributed by atoms with Crippen molar-refractivity contribution in [2.45, 2.75) is 20.8 Å². The number of para-hydroxylation sites is 3. The van der Waals surface area contributed by atoms with Crippen molar-refractivity contribution in [1.82, 2.24) is 14.9 Å². The van der Waals surface area contributed by atoms with Gasteiger partial charge in [-0.1, -0.05) is 44.2 Å². The number of aromatic nitrogens is 2. The molecular weight excluding hydrogens is 490 g/mol. The van der Waals surface area contributed by atoms with Crippen LogP contribution >= 0.6 is 0 Å². The Morgan fingerprint density at radius 2 is 1.49 bits per heavy atom. The Balaban J connectivity index is 1.58. The first-order chi connectivity index (χ1) is 19.1. The minimum Gasteiger partial charge on any atom is -0.495 e. The lowest BCUT2D eigenvalue weighted by Crippen LogP contribution is -2.27. The van der Waals surface area contributed by atoms with Gasteiger partial charge in [0.25, 0.3) is 0 Å². The number of rotatable bonds is 14. The highest BCUT2D eigenvalue weighted by molar-refractivity contribution is 5.83. The Morgan fingerprint density at radius 3 is 2.21 bits per heavy atom. The molecule has 0 fully saturated rings. The van der Waals surface area contributed by atoms with Crippen LogP contribution < -0.4 is 24.8 Å². The summed E-state index contributed by atoms with van der Waals surface area (Å²) < 4.78 is 17.4. The SMILES string of the molecule is CCOc1ccccc1-c1cnc(Nc2ccc(OCCN(CC)CC)cc2)nc1Nc1ccccc1OC. The minimum atomic E-state index is 0.459. The molecule has 3 aromatic carbocycles. The van der Waals surface area contributed by atoms with E-state index in [4.69, 9.17) is 19.2 Å². The predicted molar refractivity (Wildman–Crippen MR) is 158 cm³/mol. The van der Waals surface area contributed by atoms with Crippen molar-refractivity contribution in [2.75, 3.05) is 50.6 Å². The number of benzene rings is 3. The van der Waals surface area contributed by atoms with E-state index in [1.807, 2.05) is 79.7 Å². The van der Waals surface area contributed by atoms with Gasteiger partial charge in [0.1, 0.15) is 29.7 Å². The van der Waals surface area contributed by atoms with Crippen LogP contribution in [0, 0.1) is 0 Å². The van der Waals surface area contributed by atoms with Gasteiger partial charge in [0.2, 0.25) is 5.95 Å². The van der Waals surface area contributed by atoms with E-state index in [9.17, 15) is 0 Å². The van der Waals surface area contributed by atoms with Gasteiger partial charge in [0, 0.05) is 29.6 Å². The molecule has 0 aliphatic carbocycles. The quantitative estimate of drug-likeness (QED) is 0.186. The Labute approximate surface area is 231 Å². The zero-order valence-electron chi connectivity index (χ0n) is 23.1. The third-order valence-electron chi connectivity index (χ3n) is 6.31. The van der Waals surface area contributed by atoms with Gasteiger partial charge in [-0.2, -0.15) is 4.98 Å². The van der Waals surface area contributed by atoms with Gasteiger partial charge >= 0.3 is 0 Å². The zero-order valence-corrected chi connectivity index (χ0v) is 23.1. The maximum absolute atomic E-state index is 5.91. The van der Waals surface area contributed by atoms with Crippen LogP contribution in [0.15, 0.2) is 79.0 Å². The van der Waals surface area contributed by atoms with E-state index in [0.29, 0.717) is 30.7 Å². The molecule has 204 valence electrons. The molecule has 2 N–H and O–H groups in total. The molecule has 8 heteroatoms. The average molecular weight is 528 g/mol. The van der Waals surface area contributed by atoms with Crippen molar-refractivity contribution in [3.8, 4) is 28.4 Å². The fourth-order valence-electron chi connectivity index (χ4n) is 4.18. The summed E-state index contributed by atoms with van der Waals surface area (Å²) in [6.07, 6.45) is 1.80. The van der Waals surface area contributed by atoms with Gasteiger partial charge in [0.15, 0.2) is 0 Å². The Bertz CT molecular complexity index is 1330. The first kappa shape index (κ1) is 27.7. The first-order valence-corrected chi connectivity index (χ1v) is 13.4. The molecule has 0 atom stereocenters.